The van der Waals surface area contributed by atoms with Crippen molar-refractivity contribution >= 4 is 11.5 Å². The van der Waals surface area contributed by atoms with Crippen LogP contribution in [-0.4, -0.2) is 53.0 Å². The molecule has 1 fully saturated rings. The van der Waals surface area contributed by atoms with E-state index < -0.39 is 23.7 Å². The molecule has 2 aromatic rings. The monoisotopic (exact) mass is 414 g/mol. The summed E-state index contributed by atoms with van der Waals surface area (Å²) >= 11 is 0. The Kier molecular flexibility index (Phi) is 6.53. The van der Waals surface area contributed by atoms with Crippen molar-refractivity contribution in [1.29, 1.82) is 5.26 Å². The number of nitrogens with zero attached hydrogens (tertiary/aromatic N) is 4. The van der Waals surface area contributed by atoms with Crippen LogP contribution >= 0.6 is 0 Å². The van der Waals surface area contributed by atoms with Crippen LogP contribution in [0.3, 0.4) is 0 Å². The van der Waals surface area contributed by atoms with Crippen LogP contribution in [0.25, 0.3) is 5.57 Å². The van der Waals surface area contributed by atoms with Crippen molar-refractivity contribution in [2.45, 2.75) is 19.1 Å². The van der Waals surface area contributed by atoms with Crippen LogP contribution in [-0.2, 0) is 4.79 Å². The van der Waals surface area contributed by atoms with E-state index >= 15 is 0 Å². The van der Waals surface area contributed by atoms with Crippen LogP contribution in [0, 0.1) is 18.3 Å². The number of carbonyl (C=O) groups is 1. The number of halogens is 3. The number of benzene rings is 1. The van der Waals surface area contributed by atoms with E-state index in [0.717, 1.165) is 11.3 Å². The van der Waals surface area contributed by atoms with Crippen molar-refractivity contribution in [2.75, 3.05) is 26.2 Å². The molecular formula is C22H21F3N4O. The van der Waals surface area contributed by atoms with E-state index in [-0.39, 0.29) is 18.7 Å². The number of nitriles is 1. The molecule has 1 aliphatic heterocycles. The molecular weight excluding hydrogens is 393 g/mol. The van der Waals surface area contributed by atoms with Crippen molar-refractivity contribution in [3.05, 3.63) is 71.6 Å². The molecule has 156 valence electrons. The van der Waals surface area contributed by atoms with Gasteiger partial charge in [-0.25, -0.2) is 0 Å². The summed E-state index contributed by atoms with van der Waals surface area (Å²) in [6.45, 7) is 3.09. The van der Waals surface area contributed by atoms with Gasteiger partial charge in [-0.05, 0) is 18.6 Å². The fourth-order valence-corrected chi connectivity index (χ4v) is 3.50. The fraction of sp³-hybridized carbons (Fsp3) is 0.318. The summed E-state index contributed by atoms with van der Waals surface area (Å²) in [5.41, 5.74) is 0.538. The highest BCUT2D eigenvalue weighted by molar-refractivity contribution is 5.96. The van der Waals surface area contributed by atoms with Crippen LogP contribution in [0.4, 0.5) is 13.2 Å². The van der Waals surface area contributed by atoms with E-state index in [1.807, 2.05) is 17.9 Å². The fourth-order valence-electron chi connectivity index (χ4n) is 3.50. The van der Waals surface area contributed by atoms with Gasteiger partial charge in [-0.3, -0.25) is 14.7 Å². The molecule has 1 amide bonds. The first-order valence-corrected chi connectivity index (χ1v) is 9.49. The normalized spacial score (nSPS) is 16.8. The predicted octanol–water partition coefficient (Wildman–Crippen LogP) is 3.74. The Labute approximate surface area is 173 Å². The molecule has 3 rings (SSSR count). The van der Waals surface area contributed by atoms with Gasteiger partial charge >= 0.3 is 6.18 Å². The number of rotatable bonds is 4. The van der Waals surface area contributed by atoms with E-state index in [1.165, 1.54) is 29.2 Å². The summed E-state index contributed by atoms with van der Waals surface area (Å²) in [6.07, 6.45) is -2.32. The number of piperazine rings is 1. The first-order valence-electron chi connectivity index (χ1n) is 9.49. The maximum atomic E-state index is 13.5. The van der Waals surface area contributed by atoms with Gasteiger partial charge < -0.3 is 4.90 Å². The first kappa shape index (κ1) is 21.5. The summed E-state index contributed by atoms with van der Waals surface area (Å²) < 4.78 is 40.4. The highest BCUT2D eigenvalue weighted by Crippen LogP contribution is 2.34. The molecule has 0 N–H and O–H groups in total. The molecule has 0 radical (unpaired) electrons. The standard InChI is InChI=1S/C22H21F3N4O/c1-16-18(8-5-9-27-16)20(15-26)28-10-12-29(13-11-28)21(30)14-19(22(23,24)25)17-6-3-2-4-7-17/h2-9,14,20H,10-13H2,1H3/b19-14+. The first-order chi connectivity index (χ1) is 14.3. The Hall–Kier alpha value is -3.18. The van der Waals surface area contributed by atoms with Gasteiger partial charge in [-0.15, -0.1) is 0 Å². The second kappa shape index (κ2) is 9.09. The maximum Gasteiger partial charge on any atom is 0.417 e. The Morgan fingerprint density at radius 2 is 1.80 bits per heavy atom. The minimum Gasteiger partial charge on any atom is -0.337 e. The van der Waals surface area contributed by atoms with Gasteiger partial charge in [-0.2, -0.15) is 18.4 Å². The molecule has 0 saturated carbocycles. The topological polar surface area (TPSA) is 60.2 Å². The van der Waals surface area contributed by atoms with Crippen molar-refractivity contribution in [1.82, 2.24) is 14.8 Å². The molecule has 1 unspecified atom stereocenters. The lowest BCUT2D eigenvalue weighted by Gasteiger charge is -2.37. The molecule has 1 aromatic carbocycles. The van der Waals surface area contributed by atoms with Crippen LogP contribution in [0.1, 0.15) is 22.9 Å². The predicted molar refractivity (Wildman–Crippen MR) is 106 cm³/mol. The van der Waals surface area contributed by atoms with Crippen LogP contribution in [0.15, 0.2) is 54.7 Å². The number of aromatic nitrogens is 1. The summed E-state index contributed by atoms with van der Waals surface area (Å²) in [7, 11) is 0. The molecule has 30 heavy (non-hydrogen) atoms. The molecule has 1 atom stereocenters. The van der Waals surface area contributed by atoms with Crippen molar-refractivity contribution < 1.29 is 18.0 Å². The number of pyridine rings is 1. The highest BCUT2D eigenvalue weighted by Gasteiger charge is 2.36. The average Bonchev–Trinajstić information content (AvgIpc) is 2.74. The van der Waals surface area contributed by atoms with Gasteiger partial charge in [0.25, 0.3) is 0 Å². The highest BCUT2D eigenvalue weighted by atomic mass is 19.4. The number of hydrogen-bond acceptors (Lipinski definition) is 4. The second-order valence-electron chi connectivity index (χ2n) is 6.99. The third-order valence-electron chi connectivity index (χ3n) is 5.11. The van der Waals surface area contributed by atoms with E-state index in [1.54, 1.807) is 18.3 Å². The zero-order chi connectivity index (χ0) is 21.7. The molecule has 2 heterocycles. The summed E-state index contributed by atoms with van der Waals surface area (Å²) in [6, 6.07) is 12.6. The van der Waals surface area contributed by atoms with Gasteiger partial charge in [-0.1, -0.05) is 36.4 Å². The Balaban J connectivity index is 1.72. The second-order valence-corrected chi connectivity index (χ2v) is 6.99. The lowest BCUT2D eigenvalue weighted by Crippen LogP contribution is -2.49. The maximum absolute atomic E-state index is 13.5. The number of hydrogen-bond donors (Lipinski definition) is 0. The summed E-state index contributed by atoms with van der Waals surface area (Å²) in [5, 5.41) is 9.63. The Morgan fingerprint density at radius 1 is 1.13 bits per heavy atom. The quantitative estimate of drug-likeness (QED) is 0.715. The van der Waals surface area contributed by atoms with Crippen LogP contribution < -0.4 is 0 Å². The van der Waals surface area contributed by atoms with Crippen molar-refractivity contribution in [3.63, 3.8) is 0 Å². The zero-order valence-corrected chi connectivity index (χ0v) is 16.4. The lowest BCUT2D eigenvalue weighted by molar-refractivity contribution is -0.128. The van der Waals surface area contributed by atoms with E-state index in [4.69, 9.17) is 0 Å². The van der Waals surface area contributed by atoms with Crippen molar-refractivity contribution in [2.24, 2.45) is 0 Å². The molecule has 1 aromatic heterocycles. The molecule has 0 spiro atoms. The largest absolute Gasteiger partial charge is 0.417 e. The lowest BCUT2D eigenvalue weighted by atomic mass is 10.0. The summed E-state index contributed by atoms with van der Waals surface area (Å²) in [4.78, 5) is 20.1. The average molecular weight is 414 g/mol. The smallest absolute Gasteiger partial charge is 0.337 e. The van der Waals surface area contributed by atoms with Crippen LogP contribution in [0.5, 0.6) is 0 Å². The third-order valence-corrected chi connectivity index (χ3v) is 5.11. The number of allylic oxidation sites excluding steroid dienone is 1. The van der Waals surface area contributed by atoms with E-state index in [2.05, 4.69) is 11.1 Å². The Bertz CT molecular complexity index is 958. The van der Waals surface area contributed by atoms with Crippen LogP contribution in [0.2, 0.25) is 0 Å². The number of alkyl halides is 3. The number of carbonyl (C=O) groups excluding carboxylic acids is 1. The van der Waals surface area contributed by atoms with E-state index in [9.17, 15) is 23.2 Å². The van der Waals surface area contributed by atoms with Crippen molar-refractivity contribution in [3.8, 4) is 6.07 Å². The van der Waals surface area contributed by atoms with Gasteiger partial charge in [0.05, 0.1) is 11.6 Å². The van der Waals surface area contributed by atoms with Gasteiger partial charge in [0.1, 0.15) is 6.04 Å². The molecule has 5 nitrogen and oxygen atoms in total. The zero-order valence-electron chi connectivity index (χ0n) is 16.4. The Morgan fingerprint density at radius 3 is 2.37 bits per heavy atom. The SMILES string of the molecule is Cc1ncccc1C(C#N)N1CCN(C(=O)/C=C(\c2ccccc2)C(F)(F)F)CC1. The molecule has 0 aliphatic carbocycles. The van der Waals surface area contributed by atoms with Gasteiger partial charge in [0.15, 0.2) is 0 Å². The minimum atomic E-state index is -4.64. The minimum absolute atomic E-state index is 0.0476. The van der Waals surface area contributed by atoms with Gasteiger partial charge in [0, 0.05) is 49.7 Å². The molecule has 0 bridgehead atoms. The molecule has 8 heteroatoms. The van der Waals surface area contributed by atoms with E-state index in [0.29, 0.717) is 19.2 Å². The number of amides is 1. The molecule has 1 saturated heterocycles. The number of aryl methyl sites for hydroxylation is 1. The third kappa shape index (κ3) is 4.86. The summed E-state index contributed by atoms with van der Waals surface area (Å²) in [5.74, 6) is -0.683. The molecule has 1 aliphatic rings. The van der Waals surface area contributed by atoms with Gasteiger partial charge in [0.2, 0.25) is 5.91 Å².